The van der Waals surface area contributed by atoms with E-state index in [0.29, 0.717) is 17.1 Å². The molecule has 1 aliphatic rings. The first-order valence-electron chi connectivity index (χ1n) is 5.94. The number of hydrogen-bond acceptors (Lipinski definition) is 5. The SMILES string of the molecule is COC(=O)/C=C1\OC(c2ccc(OC)cc2)=C(C)C1=O. The van der Waals surface area contributed by atoms with Gasteiger partial charge in [-0.15, -0.1) is 0 Å². The molecule has 104 valence electrons. The van der Waals surface area contributed by atoms with Crippen molar-refractivity contribution in [2.45, 2.75) is 6.92 Å². The minimum absolute atomic E-state index is 0.0276. The van der Waals surface area contributed by atoms with Crippen molar-refractivity contribution in [2.24, 2.45) is 0 Å². The van der Waals surface area contributed by atoms with E-state index in [1.165, 1.54) is 7.11 Å². The zero-order chi connectivity index (χ0) is 14.7. The van der Waals surface area contributed by atoms with E-state index < -0.39 is 5.97 Å². The third-order valence-electron chi connectivity index (χ3n) is 2.92. The van der Waals surface area contributed by atoms with Crippen LogP contribution in [0, 0.1) is 0 Å². The van der Waals surface area contributed by atoms with Gasteiger partial charge in [-0.05, 0) is 31.2 Å². The standard InChI is InChI=1S/C15H14O5/c1-9-14(17)12(8-13(16)19-3)20-15(9)10-4-6-11(18-2)7-5-10/h4-8H,1-3H3/b12-8-. The molecule has 0 amide bonds. The molecule has 0 atom stereocenters. The lowest BCUT2D eigenvalue weighted by molar-refractivity contribution is -0.135. The molecule has 1 heterocycles. The molecule has 1 aromatic carbocycles. The fraction of sp³-hybridized carbons (Fsp3) is 0.200. The summed E-state index contributed by atoms with van der Waals surface area (Å²) in [5.74, 6) is 0.174. The van der Waals surface area contributed by atoms with Crippen LogP contribution in [0.25, 0.3) is 5.76 Å². The molecule has 0 spiro atoms. The number of hydrogen-bond donors (Lipinski definition) is 0. The molecule has 0 aliphatic carbocycles. The fourth-order valence-corrected chi connectivity index (χ4v) is 1.80. The molecule has 0 radical (unpaired) electrons. The summed E-state index contributed by atoms with van der Waals surface area (Å²) in [5.41, 5.74) is 1.19. The van der Waals surface area contributed by atoms with Gasteiger partial charge in [0.15, 0.2) is 5.76 Å². The van der Waals surface area contributed by atoms with Gasteiger partial charge in [0.2, 0.25) is 5.78 Å². The Bertz CT molecular complexity index is 608. The minimum Gasteiger partial charge on any atom is -0.497 e. The second-order valence-electron chi connectivity index (χ2n) is 4.15. The molecular weight excluding hydrogens is 260 g/mol. The number of esters is 1. The summed E-state index contributed by atoms with van der Waals surface area (Å²) >= 11 is 0. The van der Waals surface area contributed by atoms with Crippen LogP contribution in [0.2, 0.25) is 0 Å². The van der Waals surface area contributed by atoms with E-state index in [1.54, 1.807) is 38.3 Å². The number of rotatable bonds is 3. The molecule has 0 saturated heterocycles. The zero-order valence-electron chi connectivity index (χ0n) is 11.4. The quantitative estimate of drug-likeness (QED) is 0.624. The van der Waals surface area contributed by atoms with Gasteiger partial charge in [0, 0.05) is 11.1 Å². The lowest BCUT2D eigenvalue weighted by Gasteiger charge is -2.05. The van der Waals surface area contributed by atoms with E-state index in [0.717, 1.165) is 11.6 Å². The Labute approximate surface area is 116 Å². The molecule has 0 aromatic heterocycles. The Morgan fingerprint density at radius 2 is 1.85 bits per heavy atom. The largest absolute Gasteiger partial charge is 0.497 e. The first kappa shape index (κ1) is 13.9. The van der Waals surface area contributed by atoms with Crippen molar-refractivity contribution < 1.29 is 23.8 Å². The van der Waals surface area contributed by atoms with Crippen LogP contribution in [0.4, 0.5) is 0 Å². The highest BCUT2D eigenvalue weighted by molar-refractivity contribution is 6.16. The second kappa shape index (κ2) is 5.61. The van der Waals surface area contributed by atoms with E-state index in [2.05, 4.69) is 4.74 Å². The van der Waals surface area contributed by atoms with E-state index in [9.17, 15) is 9.59 Å². The molecule has 1 aromatic rings. The first-order valence-corrected chi connectivity index (χ1v) is 5.94. The smallest absolute Gasteiger partial charge is 0.334 e. The number of benzene rings is 1. The number of Topliss-reactive ketones (excluding diaryl/α,β-unsaturated/α-hetero) is 1. The second-order valence-corrected chi connectivity index (χ2v) is 4.15. The predicted octanol–water partition coefficient (Wildman–Crippen LogP) is 2.08. The maximum absolute atomic E-state index is 12.0. The van der Waals surface area contributed by atoms with Gasteiger partial charge < -0.3 is 14.2 Å². The van der Waals surface area contributed by atoms with Crippen LogP contribution in [0.5, 0.6) is 5.75 Å². The van der Waals surface area contributed by atoms with Gasteiger partial charge in [-0.25, -0.2) is 4.79 Å². The Morgan fingerprint density at radius 1 is 1.20 bits per heavy atom. The first-order chi connectivity index (χ1) is 9.56. The molecule has 5 nitrogen and oxygen atoms in total. The van der Waals surface area contributed by atoms with E-state index in [4.69, 9.17) is 9.47 Å². The van der Waals surface area contributed by atoms with Crippen LogP contribution in [-0.4, -0.2) is 26.0 Å². The molecular formula is C15H14O5. The van der Waals surface area contributed by atoms with Crippen molar-refractivity contribution in [3.8, 4) is 5.75 Å². The molecule has 0 unspecified atom stereocenters. The summed E-state index contributed by atoms with van der Waals surface area (Å²) in [6, 6.07) is 7.11. The average Bonchev–Trinajstić information content (AvgIpc) is 2.75. The number of ketones is 1. The highest BCUT2D eigenvalue weighted by Crippen LogP contribution is 2.32. The van der Waals surface area contributed by atoms with Gasteiger partial charge in [-0.3, -0.25) is 4.79 Å². The summed E-state index contributed by atoms with van der Waals surface area (Å²) in [7, 11) is 2.82. The van der Waals surface area contributed by atoms with E-state index >= 15 is 0 Å². The molecule has 5 heteroatoms. The van der Waals surface area contributed by atoms with E-state index in [1.807, 2.05) is 0 Å². The monoisotopic (exact) mass is 274 g/mol. The van der Waals surface area contributed by atoms with Crippen molar-refractivity contribution in [2.75, 3.05) is 14.2 Å². The van der Waals surface area contributed by atoms with E-state index in [-0.39, 0.29) is 11.5 Å². The molecule has 0 fully saturated rings. The molecule has 0 N–H and O–H groups in total. The predicted molar refractivity (Wildman–Crippen MR) is 71.8 cm³/mol. The molecule has 0 bridgehead atoms. The summed E-state index contributed by atoms with van der Waals surface area (Å²) in [4.78, 5) is 23.2. The van der Waals surface area contributed by atoms with Crippen molar-refractivity contribution >= 4 is 17.5 Å². The molecule has 1 aliphatic heterocycles. The van der Waals surface area contributed by atoms with Crippen LogP contribution in [0.1, 0.15) is 12.5 Å². The minimum atomic E-state index is -0.628. The zero-order valence-corrected chi connectivity index (χ0v) is 11.4. The highest BCUT2D eigenvalue weighted by Gasteiger charge is 2.29. The lowest BCUT2D eigenvalue weighted by Crippen LogP contribution is -2.03. The van der Waals surface area contributed by atoms with Crippen LogP contribution < -0.4 is 4.74 Å². The Balaban J connectivity index is 2.31. The Kier molecular flexibility index (Phi) is 3.89. The number of methoxy groups -OCH3 is 2. The van der Waals surface area contributed by atoms with Gasteiger partial charge in [0.05, 0.1) is 20.3 Å². The Morgan fingerprint density at radius 3 is 2.40 bits per heavy atom. The summed E-state index contributed by atoms with van der Waals surface area (Å²) in [6.45, 7) is 1.65. The Hall–Kier alpha value is -2.56. The maximum Gasteiger partial charge on any atom is 0.334 e. The van der Waals surface area contributed by atoms with Crippen LogP contribution >= 0.6 is 0 Å². The van der Waals surface area contributed by atoms with Crippen LogP contribution in [0.15, 0.2) is 41.7 Å². The molecule has 0 saturated carbocycles. The van der Waals surface area contributed by atoms with Crippen molar-refractivity contribution in [3.05, 3.63) is 47.2 Å². The number of ether oxygens (including phenoxy) is 3. The van der Waals surface area contributed by atoms with Crippen molar-refractivity contribution in [3.63, 3.8) is 0 Å². The van der Waals surface area contributed by atoms with Gasteiger partial charge >= 0.3 is 5.97 Å². The highest BCUT2D eigenvalue weighted by atomic mass is 16.5. The maximum atomic E-state index is 12.0. The topological polar surface area (TPSA) is 61.8 Å². The normalized spacial score (nSPS) is 16.4. The van der Waals surface area contributed by atoms with Crippen LogP contribution in [-0.2, 0) is 19.1 Å². The third-order valence-corrected chi connectivity index (χ3v) is 2.92. The van der Waals surface area contributed by atoms with Gasteiger partial charge in [-0.2, -0.15) is 0 Å². The van der Waals surface area contributed by atoms with Crippen molar-refractivity contribution in [1.82, 2.24) is 0 Å². The van der Waals surface area contributed by atoms with Crippen molar-refractivity contribution in [1.29, 1.82) is 0 Å². The van der Waals surface area contributed by atoms with Gasteiger partial charge in [-0.1, -0.05) is 0 Å². The average molecular weight is 274 g/mol. The summed E-state index contributed by atoms with van der Waals surface area (Å²) in [5, 5.41) is 0. The number of carbonyl (C=O) groups excluding carboxylic acids is 2. The fourth-order valence-electron chi connectivity index (χ4n) is 1.80. The number of allylic oxidation sites excluding steroid dienone is 1. The van der Waals surface area contributed by atoms with Gasteiger partial charge in [0.1, 0.15) is 11.5 Å². The molecule has 20 heavy (non-hydrogen) atoms. The third kappa shape index (κ3) is 2.56. The molecule has 2 rings (SSSR count). The van der Waals surface area contributed by atoms with Crippen LogP contribution in [0.3, 0.4) is 0 Å². The summed E-state index contributed by atoms with van der Waals surface area (Å²) < 4.78 is 15.0. The number of carbonyl (C=O) groups is 2. The lowest BCUT2D eigenvalue weighted by atomic mass is 10.1. The van der Waals surface area contributed by atoms with Gasteiger partial charge in [0.25, 0.3) is 0 Å². The summed E-state index contributed by atoms with van der Waals surface area (Å²) in [6.07, 6.45) is 1.04.